The number of pyridine rings is 1. The Balaban J connectivity index is 2.51. The summed E-state index contributed by atoms with van der Waals surface area (Å²) in [5.74, 6) is 0.770. The fraction of sp³-hybridized carbons (Fsp3) is 0.643. The van der Waals surface area contributed by atoms with Crippen molar-refractivity contribution in [2.24, 2.45) is 0 Å². The lowest BCUT2D eigenvalue weighted by Gasteiger charge is -2.24. The predicted octanol–water partition coefficient (Wildman–Crippen LogP) is 2.80. The first kappa shape index (κ1) is 14.0. The van der Waals surface area contributed by atoms with Crippen LogP contribution in [0.25, 0.3) is 0 Å². The average Bonchev–Trinajstić information content (AvgIpc) is 2.31. The molecule has 1 aromatic heterocycles. The largest absolute Gasteiger partial charge is 0.478 e. The Morgan fingerprint density at radius 1 is 1.35 bits per heavy atom. The summed E-state index contributed by atoms with van der Waals surface area (Å²) in [4.78, 5) is 4.25. The van der Waals surface area contributed by atoms with E-state index >= 15 is 0 Å². The van der Waals surface area contributed by atoms with Crippen molar-refractivity contribution in [2.75, 3.05) is 13.2 Å². The van der Waals surface area contributed by atoms with Crippen molar-refractivity contribution in [1.82, 2.24) is 10.3 Å². The Hall–Kier alpha value is -1.09. The Morgan fingerprint density at radius 3 is 2.76 bits per heavy atom. The molecule has 3 heteroatoms. The third-order valence-electron chi connectivity index (χ3n) is 3.01. The lowest BCUT2D eigenvalue weighted by molar-refractivity contribution is 0.321. The zero-order chi connectivity index (χ0) is 12.7. The van der Waals surface area contributed by atoms with E-state index < -0.39 is 0 Å². The molecule has 1 heterocycles. The van der Waals surface area contributed by atoms with Gasteiger partial charge >= 0.3 is 0 Å². The molecule has 0 unspecified atom stereocenters. The molecule has 0 saturated carbocycles. The molecule has 0 bridgehead atoms. The van der Waals surface area contributed by atoms with Crippen molar-refractivity contribution >= 4 is 0 Å². The van der Waals surface area contributed by atoms with Crippen molar-refractivity contribution < 1.29 is 4.74 Å². The molecule has 0 aromatic carbocycles. The van der Waals surface area contributed by atoms with E-state index in [9.17, 15) is 0 Å². The molecule has 96 valence electrons. The topological polar surface area (TPSA) is 34.1 Å². The minimum Gasteiger partial charge on any atom is -0.478 e. The maximum absolute atomic E-state index is 5.51. The highest BCUT2D eigenvalue weighted by atomic mass is 16.5. The molecule has 0 fully saturated rings. The van der Waals surface area contributed by atoms with E-state index in [0.29, 0.717) is 6.61 Å². The molecule has 1 rings (SSSR count). The number of rotatable bonds is 7. The monoisotopic (exact) mass is 236 g/mol. The number of nitrogens with zero attached hydrogens (tertiary/aromatic N) is 1. The van der Waals surface area contributed by atoms with Gasteiger partial charge in [0.2, 0.25) is 5.88 Å². The normalized spacial score (nSPS) is 11.5. The van der Waals surface area contributed by atoms with E-state index in [2.05, 4.69) is 37.1 Å². The molecule has 0 aliphatic heterocycles. The summed E-state index contributed by atoms with van der Waals surface area (Å²) in [5.41, 5.74) is 1.38. The lowest BCUT2D eigenvalue weighted by atomic mass is 10.0. The van der Waals surface area contributed by atoms with Gasteiger partial charge in [-0.15, -0.1) is 0 Å². The van der Waals surface area contributed by atoms with E-state index in [-0.39, 0.29) is 5.54 Å². The maximum Gasteiger partial charge on any atom is 0.216 e. The molecular formula is C14H24N2O. The van der Waals surface area contributed by atoms with E-state index in [1.807, 2.05) is 13.0 Å². The minimum absolute atomic E-state index is 0.202. The Morgan fingerprint density at radius 2 is 2.12 bits per heavy atom. The molecule has 0 radical (unpaired) electrons. The van der Waals surface area contributed by atoms with Gasteiger partial charge in [-0.05, 0) is 46.2 Å². The van der Waals surface area contributed by atoms with E-state index in [1.165, 1.54) is 5.56 Å². The number of aromatic nitrogens is 1. The molecule has 0 amide bonds. The van der Waals surface area contributed by atoms with Gasteiger partial charge in [0.15, 0.2) is 0 Å². The quantitative estimate of drug-likeness (QED) is 0.790. The van der Waals surface area contributed by atoms with Crippen LogP contribution < -0.4 is 10.1 Å². The second-order valence-corrected chi connectivity index (χ2v) is 4.81. The van der Waals surface area contributed by atoms with Crippen LogP contribution in [0.2, 0.25) is 0 Å². The highest BCUT2D eigenvalue weighted by Crippen LogP contribution is 2.15. The van der Waals surface area contributed by atoms with Crippen LogP contribution in [0.5, 0.6) is 5.88 Å². The van der Waals surface area contributed by atoms with Gasteiger partial charge in [-0.3, -0.25) is 0 Å². The van der Waals surface area contributed by atoms with Crippen LogP contribution in [-0.2, 0) is 6.42 Å². The molecule has 0 aliphatic rings. The van der Waals surface area contributed by atoms with Gasteiger partial charge in [0.05, 0.1) is 6.61 Å². The van der Waals surface area contributed by atoms with Crippen molar-refractivity contribution in [3.05, 3.63) is 23.9 Å². The van der Waals surface area contributed by atoms with Crippen LogP contribution in [0.1, 0.15) is 39.7 Å². The second kappa shape index (κ2) is 6.60. The lowest BCUT2D eigenvalue weighted by Crippen LogP contribution is -2.39. The molecule has 0 spiro atoms. The Kier molecular flexibility index (Phi) is 5.42. The summed E-state index contributed by atoms with van der Waals surface area (Å²) in [6.45, 7) is 10.2. The zero-order valence-corrected chi connectivity index (χ0v) is 11.4. The number of hydrogen-bond donors (Lipinski definition) is 1. The van der Waals surface area contributed by atoms with Gasteiger partial charge in [0, 0.05) is 17.3 Å². The second-order valence-electron chi connectivity index (χ2n) is 4.81. The molecule has 0 saturated heterocycles. The molecular weight excluding hydrogens is 212 g/mol. The zero-order valence-electron chi connectivity index (χ0n) is 11.4. The van der Waals surface area contributed by atoms with Gasteiger partial charge < -0.3 is 10.1 Å². The first-order valence-corrected chi connectivity index (χ1v) is 6.40. The van der Waals surface area contributed by atoms with Crippen LogP contribution in [0.15, 0.2) is 18.3 Å². The smallest absolute Gasteiger partial charge is 0.216 e. The number of nitrogens with one attached hydrogen (secondary N) is 1. The van der Waals surface area contributed by atoms with Crippen LogP contribution in [0.4, 0.5) is 0 Å². The van der Waals surface area contributed by atoms with Gasteiger partial charge in [-0.1, -0.05) is 13.0 Å². The van der Waals surface area contributed by atoms with E-state index in [4.69, 9.17) is 4.74 Å². The van der Waals surface area contributed by atoms with Crippen molar-refractivity contribution in [2.45, 2.75) is 46.1 Å². The van der Waals surface area contributed by atoms with Crippen LogP contribution in [-0.4, -0.2) is 23.7 Å². The summed E-state index contributed by atoms with van der Waals surface area (Å²) in [7, 11) is 0. The molecule has 17 heavy (non-hydrogen) atoms. The number of hydrogen-bond acceptors (Lipinski definition) is 3. The predicted molar refractivity (Wildman–Crippen MR) is 71.5 cm³/mol. The maximum atomic E-state index is 5.51. The van der Waals surface area contributed by atoms with Crippen molar-refractivity contribution in [1.29, 1.82) is 0 Å². The van der Waals surface area contributed by atoms with Crippen LogP contribution in [0.3, 0.4) is 0 Å². The summed E-state index contributed by atoms with van der Waals surface area (Å²) in [5, 5.41) is 3.54. The summed E-state index contributed by atoms with van der Waals surface area (Å²) in [6.07, 6.45) is 3.85. The molecule has 0 atom stereocenters. The van der Waals surface area contributed by atoms with Gasteiger partial charge in [0.25, 0.3) is 0 Å². The molecule has 0 aliphatic carbocycles. The minimum atomic E-state index is 0.202. The molecule has 3 nitrogen and oxygen atoms in total. The van der Waals surface area contributed by atoms with Gasteiger partial charge in [-0.25, -0.2) is 4.98 Å². The Labute approximate surface area is 105 Å². The standard InChI is InChI=1S/C14H24N2O/c1-5-14(3,4)16-11-9-12-8-7-10-15-13(12)17-6-2/h7-8,10,16H,5-6,9,11H2,1-4H3. The molecule has 1 N–H and O–H groups in total. The first-order chi connectivity index (χ1) is 8.09. The summed E-state index contributed by atoms with van der Waals surface area (Å²) in [6, 6.07) is 4.04. The number of ether oxygens (including phenoxy) is 1. The van der Waals surface area contributed by atoms with E-state index in [1.54, 1.807) is 6.20 Å². The first-order valence-electron chi connectivity index (χ1n) is 6.40. The third-order valence-corrected chi connectivity index (χ3v) is 3.01. The third kappa shape index (κ3) is 4.73. The van der Waals surface area contributed by atoms with Crippen LogP contribution in [0, 0.1) is 0 Å². The Bertz CT molecular complexity index is 337. The van der Waals surface area contributed by atoms with Gasteiger partial charge in [0.1, 0.15) is 0 Å². The van der Waals surface area contributed by atoms with E-state index in [0.717, 1.165) is 25.3 Å². The van der Waals surface area contributed by atoms with Crippen molar-refractivity contribution in [3.63, 3.8) is 0 Å². The van der Waals surface area contributed by atoms with Crippen molar-refractivity contribution in [3.8, 4) is 5.88 Å². The SMILES string of the molecule is CCOc1ncccc1CCNC(C)(C)CC. The molecule has 1 aromatic rings. The highest BCUT2D eigenvalue weighted by Gasteiger charge is 2.13. The summed E-state index contributed by atoms with van der Waals surface area (Å²) < 4.78 is 5.51. The summed E-state index contributed by atoms with van der Waals surface area (Å²) >= 11 is 0. The fourth-order valence-electron chi connectivity index (χ4n) is 1.54. The fourth-order valence-corrected chi connectivity index (χ4v) is 1.54. The van der Waals surface area contributed by atoms with Gasteiger partial charge in [-0.2, -0.15) is 0 Å². The average molecular weight is 236 g/mol. The van der Waals surface area contributed by atoms with Crippen LogP contribution >= 0.6 is 0 Å². The highest BCUT2D eigenvalue weighted by molar-refractivity contribution is 5.25.